The van der Waals surface area contributed by atoms with Crippen LogP contribution in [-0.4, -0.2) is 85.5 Å². The fourth-order valence-electron chi connectivity index (χ4n) is 3.50. The van der Waals surface area contributed by atoms with E-state index in [1.54, 1.807) is 0 Å². The van der Waals surface area contributed by atoms with Gasteiger partial charge in [-0.25, -0.2) is 0 Å². The van der Waals surface area contributed by atoms with Crippen molar-refractivity contribution < 1.29 is 14.3 Å². The number of piperazine rings is 1. The lowest BCUT2D eigenvalue weighted by atomic mass is 10.1. The third-order valence-electron chi connectivity index (χ3n) is 5.20. The monoisotopic (exact) mass is 359 g/mol. The number of morpholine rings is 1. The van der Waals surface area contributed by atoms with Crippen molar-refractivity contribution >= 4 is 11.8 Å². The van der Waals surface area contributed by atoms with Gasteiger partial charge >= 0.3 is 0 Å². The zero-order chi connectivity index (χ0) is 18.2. The molecule has 0 unspecified atom stereocenters. The molecule has 142 valence electrons. The summed E-state index contributed by atoms with van der Waals surface area (Å²) in [6.07, 6.45) is 1.87. The molecule has 0 spiro atoms. The van der Waals surface area contributed by atoms with Crippen LogP contribution in [0.3, 0.4) is 0 Å². The van der Waals surface area contributed by atoms with Gasteiger partial charge in [0, 0.05) is 58.7 Å². The van der Waals surface area contributed by atoms with Gasteiger partial charge in [-0.05, 0) is 12.0 Å². The van der Waals surface area contributed by atoms with E-state index in [9.17, 15) is 9.59 Å². The third-order valence-corrected chi connectivity index (χ3v) is 5.20. The quantitative estimate of drug-likeness (QED) is 0.761. The lowest BCUT2D eigenvalue weighted by Crippen LogP contribution is -2.51. The number of hydrogen-bond acceptors (Lipinski definition) is 4. The maximum Gasteiger partial charge on any atom is 0.223 e. The molecule has 0 atom stereocenters. The smallest absolute Gasteiger partial charge is 0.223 e. The first-order chi connectivity index (χ1) is 12.7. The average Bonchev–Trinajstić information content (AvgIpc) is 2.72. The Labute approximate surface area is 155 Å². The minimum absolute atomic E-state index is 0.189. The SMILES string of the molecule is O=C(CCc1ccccc1)N1CCN(C(=O)CCN2CCOCC2)CC1. The summed E-state index contributed by atoms with van der Waals surface area (Å²) in [4.78, 5) is 30.9. The Morgan fingerprint density at radius 3 is 2.00 bits per heavy atom. The Morgan fingerprint density at radius 1 is 0.808 bits per heavy atom. The van der Waals surface area contributed by atoms with Crippen molar-refractivity contribution in [2.75, 3.05) is 59.0 Å². The molecule has 2 aliphatic heterocycles. The molecule has 1 aromatic rings. The summed E-state index contributed by atoms with van der Waals surface area (Å²) >= 11 is 0. The van der Waals surface area contributed by atoms with E-state index in [4.69, 9.17) is 4.74 Å². The Kier molecular flexibility index (Phi) is 7.03. The van der Waals surface area contributed by atoms with Gasteiger partial charge in [-0.1, -0.05) is 30.3 Å². The van der Waals surface area contributed by atoms with Gasteiger partial charge in [0.05, 0.1) is 13.2 Å². The summed E-state index contributed by atoms with van der Waals surface area (Å²) in [7, 11) is 0. The molecule has 2 heterocycles. The number of carbonyl (C=O) groups is 2. The van der Waals surface area contributed by atoms with Gasteiger partial charge < -0.3 is 14.5 Å². The van der Waals surface area contributed by atoms with E-state index in [2.05, 4.69) is 17.0 Å². The van der Waals surface area contributed by atoms with Gasteiger partial charge in [-0.15, -0.1) is 0 Å². The molecular weight excluding hydrogens is 330 g/mol. The number of amides is 2. The van der Waals surface area contributed by atoms with Crippen molar-refractivity contribution in [3.63, 3.8) is 0 Å². The van der Waals surface area contributed by atoms with Crippen LogP contribution < -0.4 is 0 Å². The molecule has 0 aromatic heterocycles. The first-order valence-electron chi connectivity index (χ1n) is 9.62. The van der Waals surface area contributed by atoms with E-state index in [0.29, 0.717) is 39.0 Å². The van der Waals surface area contributed by atoms with Crippen LogP contribution in [0.2, 0.25) is 0 Å². The van der Waals surface area contributed by atoms with Gasteiger partial charge in [-0.2, -0.15) is 0 Å². The van der Waals surface area contributed by atoms with Crippen LogP contribution in [0.25, 0.3) is 0 Å². The molecule has 2 saturated heterocycles. The van der Waals surface area contributed by atoms with Gasteiger partial charge in [0.2, 0.25) is 11.8 Å². The Morgan fingerprint density at radius 2 is 1.38 bits per heavy atom. The van der Waals surface area contributed by atoms with Crippen LogP contribution in [-0.2, 0) is 20.7 Å². The highest BCUT2D eigenvalue weighted by Crippen LogP contribution is 2.09. The van der Waals surface area contributed by atoms with E-state index in [1.807, 2.05) is 28.0 Å². The Bertz CT molecular complexity index is 579. The fourth-order valence-corrected chi connectivity index (χ4v) is 3.50. The zero-order valence-electron chi connectivity index (χ0n) is 15.4. The van der Waals surface area contributed by atoms with Crippen LogP contribution in [0.4, 0.5) is 0 Å². The largest absolute Gasteiger partial charge is 0.379 e. The Balaban J connectivity index is 1.35. The third kappa shape index (κ3) is 5.54. The zero-order valence-corrected chi connectivity index (χ0v) is 15.4. The topological polar surface area (TPSA) is 53.1 Å². The number of rotatable bonds is 6. The van der Waals surface area contributed by atoms with Crippen molar-refractivity contribution in [2.24, 2.45) is 0 Å². The minimum atomic E-state index is 0.189. The van der Waals surface area contributed by atoms with E-state index >= 15 is 0 Å². The molecule has 6 nitrogen and oxygen atoms in total. The summed E-state index contributed by atoms with van der Waals surface area (Å²) in [5.41, 5.74) is 1.19. The molecule has 2 amide bonds. The average molecular weight is 359 g/mol. The van der Waals surface area contributed by atoms with E-state index in [1.165, 1.54) is 5.56 Å². The molecule has 6 heteroatoms. The lowest BCUT2D eigenvalue weighted by Gasteiger charge is -2.35. The molecule has 26 heavy (non-hydrogen) atoms. The maximum absolute atomic E-state index is 12.4. The van der Waals surface area contributed by atoms with Crippen LogP contribution in [0, 0.1) is 0 Å². The molecule has 2 fully saturated rings. The van der Waals surface area contributed by atoms with Crippen LogP contribution in [0.5, 0.6) is 0 Å². The number of aryl methyl sites for hydroxylation is 1. The second kappa shape index (κ2) is 9.69. The van der Waals surface area contributed by atoms with E-state index in [0.717, 1.165) is 39.3 Å². The van der Waals surface area contributed by atoms with Gasteiger partial charge in [-0.3, -0.25) is 14.5 Å². The Hall–Kier alpha value is -1.92. The highest BCUT2D eigenvalue weighted by molar-refractivity contribution is 5.78. The van der Waals surface area contributed by atoms with Crippen molar-refractivity contribution in [3.05, 3.63) is 35.9 Å². The molecule has 0 bridgehead atoms. The predicted molar refractivity (Wildman–Crippen MR) is 99.8 cm³/mol. The van der Waals surface area contributed by atoms with Crippen molar-refractivity contribution in [3.8, 4) is 0 Å². The molecule has 3 rings (SSSR count). The van der Waals surface area contributed by atoms with Crippen molar-refractivity contribution in [1.29, 1.82) is 0 Å². The molecule has 1 aromatic carbocycles. The van der Waals surface area contributed by atoms with Crippen LogP contribution >= 0.6 is 0 Å². The first-order valence-corrected chi connectivity index (χ1v) is 9.62. The highest BCUT2D eigenvalue weighted by atomic mass is 16.5. The van der Waals surface area contributed by atoms with Gasteiger partial charge in [0.1, 0.15) is 0 Å². The summed E-state index contributed by atoms with van der Waals surface area (Å²) in [5.74, 6) is 0.391. The molecule has 0 saturated carbocycles. The normalized spacial score (nSPS) is 18.8. The fraction of sp³-hybridized carbons (Fsp3) is 0.600. The molecule has 2 aliphatic rings. The summed E-state index contributed by atoms with van der Waals surface area (Å²) in [6.45, 7) is 6.76. The number of carbonyl (C=O) groups excluding carboxylic acids is 2. The van der Waals surface area contributed by atoms with Crippen LogP contribution in [0.1, 0.15) is 18.4 Å². The summed E-state index contributed by atoms with van der Waals surface area (Å²) < 4.78 is 5.33. The number of ether oxygens (including phenoxy) is 1. The molecule has 0 radical (unpaired) electrons. The summed E-state index contributed by atoms with van der Waals surface area (Å²) in [5, 5.41) is 0. The number of nitrogens with zero attached hydrogens (tertiary/aromatic N) is 3. The standard InChI is InChI=1S/C20H29N3O3/c24-19(7-6-18-4-2-1-3-5-18)22-10-12-23(13-11-22)20(25)8-9-21-14-16-26-17-15-21/h1-5H,6-17H2. The van der Waals surface area contributed by atoms with Crippen molar-refractivity contribution in [2.45, 2.75) is 19.3 Å². The first kappa shape index (κ1) is 18.9. The molecular formula is C20H29N3O3. The lowest BCUT2D eigenvalue weighted by molar-refractivity contribution is -0.139. The van der Waals surface area contributed by atoms with Gasteiger partial charge in [0.25, 0.3) is 0 Å². The predicted octanol–water partition coefficient (Wildman–Crippen LogP) is 1.01. The maximum atomic E-state index is 12.4. The number of hydrogen-bond donors (Lipinski definition) is 0. The molecule has 0 N–H and O–H groups in total. The van der Waals surface area contributed by atoms with E-state index in [-0.39, 0.29) is 11.8 Å². The second-order valence-electron chi connectivity index (χ2n) is 6.95. The van der Waals surface area contributed by atoms with Crippen LogP contribution in [0.15, 0.2) is 30.3 Å². The van der Waals surface area contributed by atoms with Gasteiger partial charge in [0.15, 0.2) is 0 Å². The van der Waals surface area contributed by atoms with Crippen molar-refractivity contribution in [1.82, 2.24) is 14.7 Å². The van der Waals surface area contributed by atoms with E-state index < -0.39 is 0 Å². The summed E-state index contributed by atoms with van der Waals surface area (Å²) in [6, 6.07) is 10.1. The minimum Gasteiger partial charge on any atom is -0.379 e. The second-order valence-corrected chi connectivity index (χ2v) is 6.95. The highest BCUT2D eigenvalue weighted by Gasteiger charge is 2.24. The molecule has 0 aliphatic carbocycles. The number of benzene rings is 1.